The van der Waals surface area contributed by atoms with Gasteiger partial charge in [-0.25, -0.2) is 0 Å². The predicted octanol–water partition coefficient (Wildman–Crippen LogP) is 2.87. The van der Waals surface area contributed by atoms with Gasteiger partial charge < -0.3 is 10.5 Å². The van der Waals surface area contributed by atoms with Gasteiger partial charge in [0.05, 0.1) is 0 Å². The van der Waals surface area contributed by atoms with Crippen LogP contribution < -0.4 is 5.73 Å². The van der Waals surface area contributed by atoms with Gasteiger partial charge >= 0.3 is 5.97 Å². The summed E-state index contributed by atoms with van der Waals surface area (Å²) in [6.45, 7) is 8.39. The highest BCUT2D eigenvalue weighted by Crippen LogP contribution is 2.31. The number of carbonyl (C=O) groups excluding carboxylic acids is 1. The van der Waals surface area contributed by atoms with Crippen molar-refractivity contribution in [2.24, 2.45) is 17.6 Å². The molecule has 1 fully saturated rings. The fourth-order valence-electron chi connectivity index (χ4n) is 2.41. The average Bonchev–Trinajstić information content (AvgIpc) is 2.32. The topological polar surface area (TPSA) is 52.3 Å². The molecular weight excluding hydrogens is 214 g/mol. The van der Waals surface area contributed by atoms with Crippen LogP contribution in [-0.4, -0.2) is 17.6 Å². The average molecular weight is 241 g/mol. The molecule has 3 unspecified atom stereocenters. The summed E-state index contributed by atoms with van der Waals surface area (Å²) in [7, 11) is 0. The minimum Gasteiger partial charge on any atom is -0.461 e. The molecule has 0 aromatic heterocycles. The molecule has 1 aliphatic rings. The quantitative estimate of drug-likeness (QED) is 0.770. The number of rotatable bonds is 4. The molecule has 0 aliphatic heterocycles. The monoisotopic (exact) mass is 241 g/mol. The molecule has 0 spiro atoms. The van der Waals surface area contributed by atoms with Crippen LogP contribution in [0, 0.1) is 11.8 Å². The number of carbonyl (C=O) groups is 1. The Morgan fingerprint density at radius 1 is 1.24 bits per heavy atom. The lowest BCUT2D eigenvalue weighted by Crippen LogP contribution is -2.49. The smallest absolute Gasteiger partial charge is 0.326 e. The Hall–Kier alpha value is -0.570. The first kappa shape index (κ1) is 14.5. The first-order valence-corrected chi connectivity index (χ1v) is 6.92. The van der Waals surface area contributed by atoms with E-state index in [0.29, 0.717) is 18.8 Å². The molecule has 1 rings (SSSR count). The summed E-state index contributed by atoms with van der Waals surface area (Å²) in [5, 5.41) is 0. The van der Waals surface area contributed by atoms with E-state index >= 15 is 0 Å². The molecule has 3 atom stereocenters. The Labute approximate surface area is 105 Å². The molecule has 1 aliphatic carbocycles. The summed E-state index contributed by atoms with van der Waals surface area (Å²) in [5.74, 6) is 1.16. The normalized spacial score (nSPS) is 30.1. The molecule has 3 heteroatoms. The SMILES string of the molecule is CCC(N)(CC)C(=O)OC1CCC(C)C(C)C1. The van der Waals surface area contributed by atoms with E-state index in [-0.39, 0.29) is 12.1 Å². The van der Waals surface area contributed by atoms with Crippen molar-refractivity contribution in [3.8, 4) is 0 Å². The van der Waals surface area contributed by atoms with Gasteiger partial charge in [0.25, 0.3) is 0 Å². The van der Waals surface area contributed by atoms with Crippen LogP contribution in [0.4, 0.5) is 0 Å². The molecule has 0 amide bonds. The van der Waals surface area contributed by atoms with Crippen LogP contribution in [0.2, 0.25) is 0 Å². The molecule has 2 N–H and O–H groups in total. The minimum absolute atomic E-state index is 0.0784. The van der Waals surface area contributed by atoms with Gasteiger partial charge in [0.1, 0.15) is 11.6 Å². The van der Waals surface area contributed by atoms with Crippen molar-refractivity contribution in [3.63, 3.8) is 0 Å². The molecule has 1 saturated carbocycles. The zero-order valence-corrected chi connectivity index (χ0v) is 11.7. The van der Waals surface area contributed by atoms with Gasteiger partial charge in [-0.05, 0) is 43.9 Å². The lowest BCUT2D eigenvalue weighted by molar-refractivity contribution is -0.158. The summed E-state index contributed by atoms with van der Waals surface area (Å²) < 4.78 is 5.59. The number of hydrogen-bond donors (Lipinski definition) is 1. The van der Waals surface area contributed by atoms with Crippen LogP contribution >= 0.6 is 0 Å². The van der Waals surface area contributed by atoms with Gasteiger partial charge in [0.2, 0.25) is 0 Å². The van der Waals surface area contributed by atoms with Crippen LogP contribution in [0.15, 0.2) is 0 Å². The minimum atomic E-state index is -0.785. The molecule has 0 heterocycles. The lowest BCUT2D eigenvalue weighted by atomic mass is 9.80. The molecule has 0 saturated heterocycles. The number of nitrogens with two attached hydrogens (primary N) is 1. The molecular formula is C14H27NO2. The van der Waals surface area contributed by atoms with E-state index in [0.717, 1.165) is 25.2 Å². The third-order valence-electron chi connectivity index (χ3n) is 4.49. The van der Waals surface area contributed by atoms with Gasteiger partial charge in [-0.15, -0.1) is 0 Å². The van der Waals surface area contributed by atoms with E-state index < -0.39 is 5.54 Å². The second kappa shape index (κ2) is 5.85. The fraction of sp³-hybridized carbons (Fsp3) is 0.929. The number of hydrogen-bond acceptors (Lipinski definition) is 3. The Bertz CT molecular complexity index is 261. The van der Waals surface area contributed by atoms with E-state index in [1.807, 2.05) is 13.8 Å². The molecule has 3 nitrogen and oxygen atoms in total. The van der Waals surface area contributed by atoms with Gasteiger partial charge in [-0.1, -0.05) is 27.7 Å². The van der Waals surface area contributed by atoms with E-state index in [2.05, 4.69) is 13.8 Å². The van der Waals surface area contributed by atoms with Crippen molar-refractivity contribution in [1.82, 2.24) is 0 Å². The summed E-state index contributed by atoms with van der Waals surface area (Å²) in [6.07, 6.45) is 4.48. The predicted molar refractivity (Wildman–Crippen MR) is 69.6 cm³/mol. The van der Waals surface area contributed by atoms with E-state index in [9.17, 15) is 4.79 Å². The van der Waals surface area contributed by atoms with Crippen LogP contribution in [0.1, 0.15) is 59.8 Å². The molecule has 0 bridgehead atoms. The molecule has 17 heavy (non-hydrogen) atoms. The Morgan fingerprint density at radius 3 is 2.29 bits per heavy atom. The van der Waals surface area contributed by atoms with Crippen molar-refractivity contribution in [1.29, 1.82) is 0 Å². The maximum absolute atomic E-state index is 12.0. The van der Waals surface area contributed by atoms with Gasteiger partial charge in [0.15, 0.2) is 0 Å². The highest BCUT2D eigenvalue weighted by Gasteiger charge is 2.35. The first-order chi connectivity index (χ1) is 7.92. The summed E-state index contributed by atoms with van der Waals surface area (Å²) in [4.78, 5) is 12.0. The third-order valence-corrected chi connectivity index (χ3v) is 4.49. The maximum Gasteiger partial charge on any atom is 0.326 e. The second-order valence-corrected chi connectivity index (χ2v) is 5.66. The molecule has 0 aromatic rings. The van der Waals surface area contributed by atoms with E-state index in [1.165, 1.54) is 0 Å². The van der Waals surface area contributed by atoms with E-state index in [1.54, 1.807) is 0 Å². The molecule has 100 valence electrons. The zero-order chi connectivity index (χ0) is 13.1. The van der Waals surface area contributed by atoms with E-state index in [4.69, 9.17) is 10.5 Å². The van der Waals surface area contributed by atoms with Crippen molar-refractivity contribution in [2.45, 2.75) is 71.4 Å². The van der Waals surface area contributed by atoms with Gasteiger partial charge in [-0.2, -0.15) is 0 Å². The van der Waals surface area contributed by atoms with Crippen LogP contribution in [0.25, 0.3) is 0 Å². The fourth-order valence-corrected chi connectivity index (χ4v) is 2.41. The number of esters is 1. The van der Waals surface area contributed by atoms with Crippen molar-refractivity contribution in [3.05, 3.63) is 0 Å². The lowest BCUT2D eigenvalue weighted by Gasteiger charge is -2.34. The molecule has 0 aromatic carbocycles. The standard InChI is InChI=1S/C14H27NO2/c1-5-14(15,6-2)13(16)17-12-8-7-10(3)11(4)9-12/h10-12H,5-9,15H2,1-4H3. The summed E-state index contributed by atoms with van der Waals surface area (Å²) in [6, 6.07) is 0. The van der Waals surface area contributed by atoms with Crippen LogP contribution in [-0.2, 0) is 9.53 Å². The van der Waals surface area contributed by atoms with Crippen LogP contribution in [0.5, 0.6) is 0 Å². The Kier molecular flexibility index (Phi) is 4.99. The second-order valence-electron chi connectivity index (χ2n) is 5.66. The van der Waals surface area contributed by atoms with Crippen molar-refractivity contribution < 1.29 is 9.53 Å². The maximum atomic E-state index is 12.0. The highest BCUT2D eigenvalue weighted by atomic mass is 16.5. The van der Waals surface area contributed by atoms with Crippen molar-refractivity contribution >= 4 is 5.97 Å². The Morgan fingerprint density at radius 2 is 1.82 bits per heavy atom. The Balaban J connectivity index is 2.52. The largest absolute Gasteiger partial charge is 0.461 e. The first-order valence-electron chi connectivity index (χ1n) is 6.92. The third kappa shape index (κ3) is 3.44. The zero-order valence-electron chi connectivity index (χ0n) is 11.7. The number of ether oxygens (including phenoxy) is 1. The van der Waals surface area contributed by atoms with Gasteiger partial charge in [-0.3, -0.25) is 4.79 Å². The molecule has 0 radical (unpaired) electrons. The highest BCUT2D eigenvalue weighted by molar-refractivity contribution is 5.80. The van der Waals surface area contributed by atoms with Crippen LogP contribution in [0.3, 0.4) is 0 Å². The van der Waals surface area contributed by atoms with Gasteiger partial charge in [0, 0.05) is 0 Å². The summed E-state index contributed by atoms with van der Waals surface area (Å²) >= 11 is 0. The summed E-state index contributed by atoms with van der Waals surface area (Å²) in [5.41, 5.74) is 5.26. The van der Waals surface area contributed by atoms with Crippen molar-refractivity contribution in [2.75, 3.05) is 0 Å².